The molecule has 2 fully saturated rings. The molecule has 3 N–H and O–H groups in total. The molecule has 1 aliphatic heterocycles. The van der Waals surface area contributed by atoms with Crippen molar-refractivity contribution in [2.24, 2.45) is 5.92 Å². The highest BCUT2D eigenvalue weighted by Gasteiger charge is 2.40. The van der Waals surface area contributed by atoms with Crippen LogP contribution in [0.5, 0.6) is 5.88 Å². The smallest absolute Gasteiger partial charge is 0.242 e. The van der Waals surface area contributed by atoms with E-state index in [1.54, 1.807) is 0 Å². The number of nitrogens with two attached hydrogens (primary N) is 1. The first-order valence-electron chi connectivity index (χ1n) is 7.41. The zero-order chi connectivity index (χ0) is 13.9. The lowest BCUT2D eigenvalue weighted by atomic mass is 10.1. The molecule has 2 atom stereocenters. The first-order valence-corrected chi connectivity index (χ1v) is 7.41. The number of rotatable bonds is 6. The predicted molar refractivity (Wildman–Crippen MR) is 76.7 cm³/mol. The average molecular weight is 278 g/mol. The third kappa shape index (κ3) is 2.80. The lowest BCUT2D eigenvalue weighted by Crippen LogP contribution is -2.31. The van der Waals surface area contributed by atoms with E-state index in [1.807, 2.05) is 6.92 Å². The molecule has 2 aliphatic rings. The predicted octanol–water partition coefficient (Wildman–Crippen LogP) is 1.83. The van der Waals surface area contributed by atoms with Gasteiger partial charge in [-0.2, -0.15) is 4.98 Å². The number of nitrogens with zero attached hydrogens (tertiary/aromatic N) is 2. The first kappa shape index (κ1) is 13.4. The van der Waals surface area contributed by atoms with E-state index >= 15 is 0 Å². The lowest BCUT2D eigenvalue weighted by molar-refractivity contribution is 0.0898. The molecule has 1 aromatic rings. The van der Waals surface area contributed by atoms with Gasteiger partial charge in [-0.1, -0.05) is 6.92 Å². The minimum absolute atomic E-state index is 0.290. The number of nitrogens with one attached hydrogen (secondary N) is 1. The number of ether oxygens (including phenoxy) is 2. The molecule has 0 spiro atoms. The molecule has 2 unspecified atom stereocenters. The molecule has 1 aliphatic carbocycles. The minimum Gasteiger partial charge on any atom is -0.476 e. The van der Waals surface area contributed by atoms with Crippen LogP contribution in [0.1, 0.15) is 32.6 Å². The Morgan fingerprint density at radius 2 is 2.25 bits per heavy atom. The first-order chi connectivity index (χ1) is 9.79. The molecule has 6 heteroatoms. The summed E-state index contributed by atoms with van der Waals surface area (Å²) in [7, 11) is 0. The van der Waals surface area contributed by atoms with Crippen molar-refractivity contribution >= 4 is 11.5 Å². The van der Waals surface area contributed by atoms with E-state index in [2.05, 4.69) is 15.3 Å². The Kier molecular flexibility index (Phi) is 3.91. The van der Waals surface area contributed by atoms with Gasteiger partial charge in [-0.05, 0) is 31.6 Å². The Morgan fingerprint density at radius 3 is 3.00 bits per heavy atom. The van der Waals surface area contributed by atoms with Crippen LogP contribution in [0.4, 0.5) is 11.5 Å². The van der Waals surface area contributed by atoms with Crippen LogP contribution in [-0.4, -0.2) is 35.3 Å². The summed E-state index contributed by atoms with van der Waals surface area (Å²) < 4.78 is 11.3. The van der Waals surface area contributed by atoms with Crippen molar-refractivity contribution in [2.45, 2.75) is 44.8 Å². The maximum atomic E-state index is 6.09. The van der Waals surface area contributed by atoms with Crippen molar-refractivity contribution in [3.8, 4) is 5.88 Å². The molecule has 1 saturated heterocycles. The number of hydrogen-bond donors (Lipinski definition) is 2. The van der Waals surface area contributed by atoms with E-state index in [1.165, 1.54) is 19.2 Å². The Hall–Kier alpha value is -1.56. The maximum Gasteiger partial charge on any atom is 0.242 e. The Labute approximate surface area is 119 Å². The summed E-state index contributed by atoms with van der Waals surface area (Å²) in [5.74, 6) is 1.83. The van der Waals surface area contributed by atoms with Gasteiger partial charge < -0.3 is 20.5 Å². The fourth-order valence-electron chi connectivity index (χ4n) is 2.64. The molecule has 6 nitrogen and oxygen atoms in total. The Bertz CT molecular complexity index is 464. The molecule has 110 valence electrons. The van der Waals surface area contributed by atoms with Gasteiger partial charge in [0.1, 0.15) is 12.0 Å². The van der Waals surface area contributed by atoms with Crippen molar-refractivity contribution in [3.05, 3.63) is 6.33 Å². The SMILES string of the molecule is CCCOc1ncnc(NC2CCOC2C2CC2)c1N. The van der Waals surface area contributed by atoms with Gasteiger partial charge in [-0.15, -0.1) is 0 Å². The number of anilines is 2. The van der Waals surface area contributed by atoms with E-state index < -0.39 is 0 Å². The number of nitrogen functional groups attached to an aromatic ring is 1. The van der Waals surface area contributed by atoms with E-state index in [0.29, 0.717) is 42.1 Å². The summed E-state index contributed by atoms with van der Waals surface area (Å²) in [6.45, 7) is 3.47. The zero-order valence-corrected chi connectivity index (χ0v) is 11.8. The maximum absolute atomic E-state index is 6.09. The number of hydrogen-bond acceptors (Lipinski definition) is 6. The molecule has 1 aromatic heterocycles. The van der Waals surface area contributed by atoms with E-state index in [-0.39, 0.29) is 0 Å². The molecule has 0 bridgehead atoms. The molecule has 0 aromatic carbocycles. The van der Waals surface area contributed by atoms with Crippen LogP contribution in [-0.2, 0) is 4.74 Å². The topological polar surface area (TPSA) is 82.3 Å². The second kappa shape index (κ2) is 5.83. The van der Waals surface area contributed by atoms with E-state index in [4.69, 9.17) is 15.2 Å². The molecule has 1 saturated carbocycles. The summed E-state index contributed by atoms with van der Waals surface area (Å²) in [5.41, 5.74) is 6.57. The van der Waals surface area contributed by atoms with Crippen LogP contribution in [0, 0.1) is 5.92 Å². The standard InChI is InChI=1S/C14H22N4O2/c1-2-6-20-14-11(15)13(16-8-17-14)18-10-5-7-19-12(10)9-3-4-9/h8-10,12H,2-7,15H2,1H3,(H,16,17,18). The van der Waals surface area contributed by atoms with Crippen LogP contribution < -0.4 is 15.8 Å². The molecular weight excluding hydrogens is 256 g/mol. The number of aromatic nitrogens is 2. The highest BCUT2D eigenvalue weighted by atomic mass is 16.5. The third-order valence-electron chi connectivity index (χ3n) is 3.83. The van der Waals surface area contributed by atoms with Gasteiger partial charge in [0.25, 0.3) is 0 Å². The van der Waals surface area contributed by atoms with Gasteiger partial charge in [0.2, 0.25) is 5.88 Å². The second-order valence-electron chi connectivity index (χ2n) is 5.50. The van der Waals surface area contributed by atoms with Gasteiger partial charge in [0, 0.05) is 6.61 Å². The molecule has 0 amide bonds. The Balaban J connectivity index is 1.70. The van der Waals surface area contributed by atoms with Crippen LogP contribution in [0.25, 0.3) is 0 Å². The van der Waals surface area contributed by atoms with Crippen LogP contribution in [0.2, 0.25) is 0 Å². The van der Waals surface area contributed by atoms with Gasteiger partial charge >= 0.3 is 0 Å². The molecule has 3 rings (SSSR count). The van der Waals surface area contributed by atoms with Crippen molar-refractivity contribution < 1.29 is 9.47 Å². The Morgan fingerprint density at radius 1 is 1.40 bits per heavy atom. The highest BCUT2D eigenvalue weighted by Crippen LogP contribution is 2.40. The summed E-state index contributed by atoms with van der Waals surface area (Å²) in [6, 6.07) is 0.290. The molecular formula is C14H22N4O2. The second-order valence-corrected chi connectivity index (χ2v) is 5.50. The van der Waals surface area contributed by atoms with Crippen molar-refractivity contribution in [3.63, 3.8) is 0 Å². The fourth-order valence-corrected chi connectivity index (χ4v) is 2.64. The van der Waals surface area contributed by atoms with E-state index in [0.717, 1.165) is 19.4 Å². The summed E-state index contributed by atoms with van der Waals surface area (Å²) in [4.78, 5) is 8.33. The fraction of sp³-hybridized carbons (Fsp3) is 0.714. The average Bonchev–Trinajstić information content (AvgIpc) is 3.20. The molecule has 2 heterocycles. The zero-order valence-electron chi connectivity index (χ0n) is 11.8. The molecule has 0 radical (unpaired) electrons. The van der Waals surface area contributed by atoms with Crippen LogP contribution in [0.3, 0.4) is 0 Å². The van der Waals surface area contributed by atoms with Crippen molar-refractivity contribution in [2.75, 3.05) is 24.3 Å². The summed E-state index contributed by atoms with van der Waals surface area (Å²) >= 11 is 0. The minimum atomic E-state index is 0.290. The summed E-state index contributed by atoms with van der Waals surface area (Å²) in [6.07, 6.45) is 6.25. The van der Waals surface area contributed by atoms with Gasteiger partial charge in [0.05, 0.1) is 18.8 Å². The molecule has 20 heavy (non-hydrogen) atoms. The van der Waals surface area contributed by atoms with Crippen LogP contribution >= 0.6 is 0 Å². The normalized spacial score (nSPS) is 25.6. The van der Waals surface area contributed by atoms with Crippen LogP contribution in [0.15, 0.2) is 6.33 Å². The quantitative estimate of drug-likeness (QED) is 0.826. The lowest BCUT2D eigenvalue weighted by Gasteiger charge is -2.21. The monoisotopic (exact) mass is 278 g/mol. The van der Waals surface area contributed by atoms with Crippen molar-refractivity contribution in [1.82, 2.24) is 9.97 Å². The summed E-state index contributed by atoms with van der Waals surface area (Å²) in [5, 5.41) is 3.42. The van der Waals surface area contributed by atoms with E-state index in [9.17, 15) is 0 Å². The third-order valence-corrected chi connectivity index (χ3v) is 3.83. The highest BCUT2D eigenvalue weighted by molar-refractivity contribution is 5.66. The van der Waals surface area contributed by atoms with Gasteiger partial charge in [-0.3, -0.25) is 0 Å². The van der Waals surface area contributed by atoms with Gasteiger partial charge in [-0.25, -0.2) is 4.98 Å². The van der Waals surface area contributed by atoms with Crippen molar-refractivity contribution in [1.29, 1.82) is 0 Å². The largest absolute Gasteiger partial charge is 0.476 e. The van der Waals surface area contributed by atoms with Gasteiger partial charge in [0.15, 0.2) is 5.82 Å².